The van der Waals surface area contributed by atoms with Gasteiger partial charge in [-0.05, 0) is 45.9 Å². The molecule has 16 heavy (non-hydrogen) atoms. The van der Waals surface area contributed by atoms with Crippen molar-refractivity contribution >= 4 is 27.3 Å². The maximum atomic E-state index is 4.12. The summed E-state index contributed by atoms with van der Waals surface area (Å²) in [6, 6.07) is 6.46. The van der Waals surface area contributed by atoms with Crippen molar-refractivity contribution < 1.29 is 0 Å². The summed E-state index contributed by atoms with van der Waals surface area (Å²) < 4.78 is 1.18. The van der Waals surface area contributed by atoms with Crippen molar-refractivity contribution in [2.75, 3.05) is 0 Å². The van der Waals surface area contributed by atoms with Crippen LogP contribution in [0.1, 0.15) is 23.4 Å². The Hall–Kier alpha value is -0.710. The molecule has 0 bridgehead atoms. The second kappa shape index (κ2) is 5.57. The first-order valence-corrected chi connectivity index (χ1v) is 6.80. The molecule has 2 rings (SSSR count). The van der Waals surface area contributed by atoms with Crippen molar-refractivity contribution in [2.24, 2.45) is 0 Å². The maximum absolute atomic E-state index is 4.12. The van der Waals surface area contributed by atoms with Crippen LogP contribution in [0.15, 0.2) is 40.4 Å². The van der Waals surface area contributed by atoms with Gasteiger partial charge in [0.25, 0.3) is 0 Å². The number of thiophene rings is 1. The molecule has 0 spiro atoms. The molecule has 2 nitrogen and oxygen atoms in total. The lowest BCUT2D eigenvalue weighted by atomic mass is 10.1. The van der Waals surface area contributed by atoms with E-state index in [1.807, 2.05) is 12.3 Å². The molecule has 0 aromatic carbocycles. The van der Waals surface area contributed by atoms with E-state index in [2.05, 4.69) is 50.7 Å². The van der Waals surface area contributed by atoms with Crippen LogP contribution in [0.5, 0.6) is 0 Å². The third-order valence-corrected chi connectivity index (χ3v) is 4.37. The first kappa shape index (κ1) is 11.8. The van der Waals surface area contributed by atoms with E-state index in [0.29, 0.717) is 6.04 Å². The molecule has 2 aromatic heterocycles. The largest absolute Gasteiger partial charge is 0.305 e. The fourth-order valence-corrected chi connectivity index (χ4v) is 2.89. The Morgan fingerprint density at radius 3 is 3.00 bits per heavy atom. The monoisotopic (exact) mass is 296 g/mol. The molecule has 0 fully saturated rings. The second-order valence-electron chi connectivity index (χ2n) is 3.58. The van der Waals surface area contributed by atoms with Gasteiger partial charge in [-0.2, -0.15) is 0 Å². The predicted octanol–water partition coefficient (Wildman–Crippen LogP) is 3.76. The van der Waals surface area contributed by atoms with E-state index < -0.39 is 0 Å². The molecule has 1 N–H and O–H groups in total. The Balaban J connectivity index is 1.94. The molecule has 2 heterocycles. The predicted molar refractivity (Wildman–Crippen MR) is 71.5 cm³/mol. The van der Waals surface area contributed by atoms with E-state index in [1.54, 1.807) is 17.5 Å². The van der Waals surface area contributed by atoms with Gasteiger partial charge < -0.3 is 5.32 Å². The highest BCUT2D eigenvalue weighted by molar-refractivity contribution is 9.10. The maximum Gasteiger partial charge on any atom is 0.0327 e. The summed E-state index contributed by atoms with van der Waals surface area (Å²) in [7, 11) is 0. The van der Waals surface area contributed by atoms with E-state index in [0.717, 1.165) is 6.54 Å². The number of aromatic nitrogens is 1. The lowest BCUT2D eigenvalue weighted by Gasteiger charge is -2.13. The summed E-state index contributed by atoms with van der Waals surface area (Å²) in [6.07, 6.45) is 3.70. The summed E-state index contributed by atoms with van der Waals surface area (Å²) in [4.78, 5) is 5.45. The Kier molecular flexibility index (Phi) is 4.09. The minimum Gasteiger partial charge on any atom is -0.305 e. The van der Waals surface area contributed by atoms with Gasteiger partial charge in [0.05, 0.1) is 0 Å². The zero-order chi connectivity index (χ0) is 11.4. The lowest BCUT2D eigenvalue weighted by molar-refractivity contribution is 0.576. The molecule has 0 aliphatic heterocycles. The molecule has 0 unspecified atom stereocenters. The zero-order valence-electron chi connectivity index (χ0n) is 8.98. The molecule has 4 heteroatoms. The summed E-state index contributed by atoms with van der Waals surface area (Å²) >= 11 is 5.29. The summed E-state index contributed by atoms with van der Waals surface area (Å²) in [5.74, 6) is 0. The second-order valence-corrected chi connectivity index (χ2v) is 5.44. The average molecular weight is 297 g/mol. The van der Waals surface area contributed by atoms with Crippen LogP contribution < -0.4 is 5.32 Å². The van der Waals surface area contributed by atoms with Crippen LogP contribution in [0, 0.1) is 0 Å². The van der Waals surface area contributed by atoms with Crippen LogP contribution in [0.25, 0.3) is 0 Å². The van der Waals surface area contributed by atoms with Crippen LogP contribution in [0.2, 0.25) is 0 Å². The van der Waals surface area contributed by atoms with Gasteiger partial charge in [0.1, 0.15) is 0 Å². The number of rotatable bonds is 4. The molecule has 0 radical (unpaired) electrons. The molecule has 1 atom stereocenters. The van der Waals surface area contributed by atoms with Crippen molar-refractivity contribution in [3.63, 3.8) is 0 Å². The number of nitrogens with zero attached hydrogens (tertiary/aromatic N) is 1. The highest BCUT2D eigenvalue weighted by atomic mass is 79.9. The van der Waals surface area contributed by atoms with Gasteiger partial charge in [0.15, 0.2) is 0 Å². The first-order chi connectivity index (χ1) is 7.77. The quantitative estimate of drug-likeness (QED) is 0.929. The van der Waals surface area contributed by atoms with Crippen molar-refractivity contribution in [1.29, 1.82) is 0 Å². The van der Waals surface area contributed by atoms with E-state index >= 15 is 0 Å². The number of pyridine rings is 1. The lowest BCUT2D eigenvalue weighted by Crippen LogP contribution is -2.17. The smallest absolute Gasteiger partial charge is 0.0327 e. The zero-order valence-corrected chi connectivity index (χ0v) is 11.4. The molecule has 0 amide bonds. The standard InChI is InChI=1S/C12H13BrN2S/c1-9(10-3-2-5-14-7-10)15-8-12-11(13)4-6-16-12/h2-7,9,15H,8H2,1H3/t9-/m1/s1. The molecule has 84 valence electrons. The summed E-state index contributed by atoms with van der Waals surface area (Å²) in [5.41, 5.74) is 1.22. The van der Waals surface area contributed by atoms with Crippen LogP contribution in [-0.4, -0.2) is 4.98 Å². The van der Waals surface area contributed by atoms with Crippen LogP contribution >= 0.6 is 27.3 Å². The van der Waals surface area contributed by atoms with E-state index in [1.165, 1.54) is 14.9 Å². The number of nitrogens with one attached hydrogen (secondary N) is 1. The van der Waals surface area contributed by atoms with Gasteiger partial charge in [-0.25, -0.2) is 0 Å². The van der Waals surface area contributed by atoms with Crippen molar-refractivity contribution in [3.8, 4) is 0 Å². The van der Waals surface area contributed by atoms with E-state index in [9.17, 15) is 0 Å². The molecule has 0 aliphatic rings. The van der Waals surface area contributed by atoms with Crippen LogP contribution in [0.4, 0.5) is 0 Å². The Morgan fingerprint density at radius 2 is 2.38 bits per heavy atom. The van der Waals surface area contributed by atoms with Gasteiger partial charge in [-0.3, -0.25) is 4.98 Å². The van der Waals surface area contributed by atoms with E-state index in [-0.39, 0.29) is 0 Å². The third-order valence-electron chi connectivity index (χ3n) is 2.44. The minimum absolute atomic E-state index is 0.322. The summed E-state index contributed by atoms with van der Waals surface area (Å²) in [5, 5.41) is 5.58. The highest BCUT2D eigenvalue weighted by Gasteiger charge is 2.06. The fraction of sp³-hybridized carbons (Fsp3) is 0.250. The molecular weight excluding hydrogens is 284 g/mol. The number of halogens is 1. The van der Waals surface area contributed by atoms with Crippen LogP contribution in [0.3, 0.4) is 0 Å². The summed E-state index contributed by atoms with van der Waals surface area (Å²) in [6.45, 7) is 3.03. The number of hydrogen-bond acceptors (Lipinski definition) is 3. The van der Waals surface area contributed by atoms with Gasteiger partial charge in [-0.15, -0.1) is 11.3 Å². The highest BCUT2D eigenvalue weighted by Crippen LogP contribution is 2.23. The molecule has 2 aromatic rings. The van der Waals surface area contributed by atoms with Crippen molar-refractivity contribution in [3.05, 3.63) is 50.9 Å². The Bertz CT molecular complexity index is 441. The molecule has 0 saturated carbocycles. The molecular formula is C12H13BrN2S. The average Bonchev–Trinajstić information content (AvgIpc) is 2.73. The van der Waals surface area contributed by atoms with Gasteiger partial charge >= 0.3 is 0 Å². The van der Waals surface area contributed by atoms with Crippen LogP contribution in [-0.2, 0) is 6.54 Å². The van der Waals surface area contributed by atoms with Crippen molar-refractivity contribution in [1.82, 2.24) is 10.3 Å². The fourth-order valence-electron chi connectivity index (χ4n) is 1.45. The normalized spacial score (nSPS) is 12.6. The minimum atomic E-state index is 0.322. The molecule has 0 aliphatic carbocycles. The van der Waals surface area contributed by atoms with Crippen molar-refractivity contribution in [2.45, 2.75) is 19.5 Å². The Labute approximate surface area is 108 Å². The van der Waals surface area contributed by atoms with Gasteiger partial charge in [0, 0.05) is 34.3 Å². The first-order valence-electron chi connectivity index (χ1n) is 5.12. The Morgan fingerprint density at radius 1 is 1.50 bits per heavy atom. The SMILES string of the molecule is C[C@@H](NCc1sccc1Br)c1cccnc1. The van der Waals surface area contributed by atoms with Gasteiger partial charge in [-0.1, -0.05) is 6.07 Å². The van der Waals surface area contributed by atoms with E-state index in [4.69, 9.17) is 0 Å². The number of hydrogen-bond donors (Lipinski definition) is 1. The molecule has 0 saturated heterocycles. The topological polar surface area (TPSA) is 24.9 Å². The van der Waals surface area contributed by atoms with Gasteiger partial charge in [0.2, 0.25) is 0 Å². The third kappa shape index (κ3) is 2.90.